The van der Waals surface area contributed by atoms with Crippen LogP contribution in [0.3, 0.4) is 0 Å². The summed E-state index contributed by atoms with van der Waals surface area (Å²) in [4.78, 5) is 39.7. The van der Waals surface area contributed by atoms with Crippen molar-refractivity contribution in [2.24, 2.45) is 0 Å². The van der Waals surface area contributed by atoms with Crippen LogP contribution in [0, 0.1) is 6.92 Å². The first kappa shape index (κ1) is 18.3. The Bertz CT molecular complexity index is 1210. The van der Waals surface area contributed by atoms with Crippen LogP contribution in [-0.4, -0.2) is 32.8 Å². The summed E-state index contributed by atoms with van der Waals surface area (Å²) in [5.41, 5.74) is 1.13. The molecule has 0 aliphatic heterocycles. The molecule has 0 unspecified atom stereocenters. The predicted molar refractivity (Wildman–Crippen MR) is 111 cm³/mol. The number of halogens is 1. The van der Waals surface area contributed by atoms with E-state index in [0.29, 0.717) is 30.9 Å². The van der Waals surface area contributed by atoms with Crippen molar-refractivity contribution in [3.05, 3.63) is 54.7 Å². The number of aryl methyl sites for hydroxylation is 1. The Balaban J connectivity index is 1.58. The minimum absolute atomic E-state index is 0.160. The molecule has 4 aromatic rings. The lowest BCUT2D eigenvalue weighted by atomic mass is 10.3. The van der Waals surface area contributed by atoms with Gasteiger partial charge in [0.15, 0.2) is 0 Å². The van der Waals surface area contributed by atoms with Crippen LogP contribution in [0.1, 0.15) is 21.2 Å². The number of nitrogens with one attached hydrogen (secondary N) is 1. The van der Waals surface area contributed by atoms with E-state index in [9.17, 15) is 9.59 Å². The van der Waals surface area contributed by atoms with Crippen molar-refractivity contribution in [2.45, 2.75) is 13.5 Å². The Morgan fingerprint density at radius 1 is 1.26 bits per heavy atom. The van der Waals surface area contributed by atoms with Crippen LogP contribution in [0.5, 0.6) is 0 Å². The first-order valence-corrected chi connectivity index (χ1v) is 10.8. The van der Waals surface area contributed by atoms with Crippen LogP contribution in [0.2, 0.25) is 4.34 Å². The minimum atomic E-state index is -0.184. The fraction of sp³-hybridized carbons (Fsp3) is 0.176. The standard InChI is InChI=1S/C17H13ClN4O2S3/c1-8-13(27-16(19-8)10-3-4-11(18)26-10)17(24)22(2)7-12-20-9-5-6-25-14(9)15(23)21-12/h3-6H,7H2,1-2H3,(H,20,21,23). The Morgan fingerprint density at radius 3 is 2.81 bits per heavy atom. The van der Waals surface area contributed by atoms with Crippen molar-refractivity contribution in [1.29, 1.82) is 0 Å². The average molecular weight is 437 g/mol. The van der Waals surface area contributed by atoms with Gasteiger partial charge in [0.2, 0.25) is 0 Å². The topological polar surface area (TPSA) is 79.0 Å². The van der Waals surface area contributed by atoms with Gasteiger partial charge in [-0.2, -0.15) is 0 Å². The molecule has 0 atom stereocenters. The average Bonchev–Trinajstić information content (AvgIpc) is 3.33. The number of fused-ring (bicyclic) bond motifs is 1. The van der Waals surface area contributed by atoms with Crippen LogP contribution in [0.15, 0.2) is 28.4 Å². The van der Waals surface area contributed by atoms with Crippen molar-refractivity contribution >= 4 is 61.7 Å². The molecule has 138 valence electrons. The van der Waals surface area contributed by atoms with Gasteiger partial charge >= 0.3 is 0 Å². The van der Waals surface area contributed by atoms with Crippen molar-refractivity contribution in [2.75, 3.05) is 7.05 Å². The molecule has 0 aliphatic carbocycles. The second-order valence-electron chi connectivity index (χ2n) is 5.85. The normalized spacial score (nSPS) is 11.2. The number of thiazole rings is 1. The van der Waals surface area contributed by atoms with Gasteiger partial charge in [-0.25, -0.2) is 9.97 Å². The first-order chi connectivity index (χ1) is 12.9. The number of amides is 1. The molecule has 0 aromatic carbocycles. The van der Waals surface area contributed by atoms with Gasteiger partial charge in [-0.15, -0.1) is 34.0 Å². The van der Waals surface area contributed by atoms with E-state index in [1.807, 2.05) is 24.4 Å². The summed E-state index contributed by atoms with van der Waals surface area (Å²) >= 11 is 10.1. The lowest BCUT2D eigenvalue weighted by Gasteiger charge is -2.15. The SMILES string of the molecule is Cc1nc(-c2ccc(Cl)s2)sc1C(=O)N(C)Cc1nc2ccsc2c(=O)[nH]1. The van der Waals surface area contributed by atoms with Gasteiger partial charge in [-0.1, -0.05) is 11.6 Å². The van der Waals surface area contributed by atoms with Crippen LogP contribution < -0.4 is 5.56 Å². The summed E-state index contributed by atoms with van der Waals surface area (Å²) < 4.78 is 1.27. The first-order valence-electron chi connectivity index (χ1n) is 7.87. The molecule has 27 heavy (non-hydrogen) atoms. The van der Waals surface area contributed by atoms with Crippen molar-refractivity contribution in [3.63, 3.8) is 0 Å². The van der Waals surface area contributed by atoms with Gasteiger partial charge in [-0.05, 0) is 30.5 Å². The quantitative estimate of drug-likeness (QED) is 0.514. The van der Waals surface area contributed by atoms with Gasteiger partial charge in [0.1, 0.15) is 20.4 Å². The second kappa shape index (κ2) is 7.16. The van der Waals surface area contributed by atoms with E-state index in [1.165, 1.54) is 38.9 Å². The zero-order valence-electron chi connectivity index (χ0n) is 14.3. The molecule has 4 aromatic heterocycles. The number of H-pyrrole nitrogens is 1. The minimum Gasteiger partial charge on any atom is -0.333 e. The molecule has 0 radical (unpaired) electrons. The molecule has 0 aliphatic rings. The smallest absolute Gasteiger partial charge is 0.268 e. The number of carbonyl (C=O) groups excluding carboxylic acids is 1. The highest BCUT2D eigenvalue weighted by atomic mass is 35.5. The van der Waals surface area contributed by atoms with Gasteiger partial charge in [0.05, 0.1) is 27.0 Å². The Labute approximate surface area is 171 Å². The van der Waals surface area contributed by atoms with E-state index in [0.717, 1.165) is 9.88 Å². The molecule has 0 spiro atoms. The maximum atomic E-state index is 12.9. The number of rotatable bonds is 4. The molecule has 0 fully saturated rings. The number of aromatic amines is 1. The summed E-state index contributed by atoms with van der Waals surface area (Å²) in [6.45, 7) is 2.02. The van der Waals surface area contributed by atoms with Crippen LogP contribution in [-0.2, 0) is 6.54 Å². The van der Waals surface area contributed by atoms with Crippen molar-refractivity contribution < 1.29 is 4.79 Å². The fourth-order valence-electron chi connectivity index (χ4n) is 2.60. The molecule has 1 N–H and O–H groups in total. The fourth-order valence-corrected chi connectivity index (χ4v) is 5.48. The molecular weight excluding hydrogens is 424 g/mol. The van der Waals surface area contributed by atoms with Gasteiger partial charge in [-0.3, -0.25) is 9.59 Å². The highest BCUT2D eigenvalue weighted by Crippen LogP contribution is 2.35. The predicted octanol–water partition coefficient (Wildman–Crippen LogP) is 4.40. The number of hydrogen-bond donors (Lipinski definition) is 1. The lowest BCUT2D eigenvalue weighted by molar-refractivity contribution is 0.0785. The number of thiophene rings is 2. The Kier molecular flexibility index (Phi) is 4.85. The maximum Gasteiger partial charge on any atom is 0.268 e. The van der Waals surface area contributed by atoms with Gasteiger partial charge in [0, 0.05) is 7.05 Å². The zero-order chi connectivity index (χ0) is 19.1. The molecule has 0 bridgehead atoms. The van der Waals surface area contributed by atoms with Crippen molar-refractivity contribution in [3.8, 4) is 9.88 Å². The Hall–Kier alpha value is -2.07. The van der Waals surface area contributed by atoms with E-state index in [1.54, 1.807) is 13.1 Å². The highest BCUT2D eigenvalue weighted by molar-refractivity contribution is 7.24. The number of aromatic nitrogens is 3. The second-order valence-corrected chi connectivity index (χ2v) is 9.48. The van der Waals surface area contributed by atoms with Crippen LogP contribution in [0.4, 0.5) is 0 Å². The van der Waals surface area contributed by atoms with E-state index >= 15 is 0 Å². The summed E-state index contributed by atoms with van der Waals surface area (Å²) in [5.74, 6) is 0.293. The lowest BCUT2D eigenvalue weighted by Crippen LogP contribution is -2.28. The molecule has 10 heteroatoms. The molecule has 4 heterocycles. The monoisotopic (exact) mass is 436 g/mol. The third-order valence-electron chi connectivity index (χ3n) is 3.87. The van der Waals surface area contributed by atoms with Crippen LogP contribution in [0.25, 0.3) is 20.1 Å². The highest BCUT2D eigenvalue weighted by Gasteiger charge is 2.21. The Morgan fingerprint density at radius 2 is 2.07 bits per heavy atom. The largest absolute Gasteiger partial charge is 0.333 e. The molecular formula is C17H13ClN4O2S3. The molecule has 0 saturated heterocycles. The summed E-state index contributed by atoms with van der Waals surface area (Å²) in [5, 5.41) is 2.59. The maximum absolute atomic E-state index is 12.9. The number of carbonyl (C=O) groups is 1. The summed E-state index contributed by atoms with van der Waals surface area (Å²) in [6.07, 6.45) is 0. The van der Waals surface area contributed by atoms with E-state index in [2.05, 4.69) is 15.0 Å². The molecule has 6 nitrogen and oxygen atoms in total. The van der Waals surface area contributed by atoms with Gasteiger partial charge in [0.25, 0.3) is 11.5 Å². The third-order valence-corrected chi connectivity index (χ3v) is 7.32. The zero-order valence-corrected chi connectivity index (χ0v) is 17.5. The van der Waals surface area contributed by atoms with Crippen LogP contribution >= 0.6 is 45.6 Å². The number of nitrogens with zero attached hydrogens (tertiary/aromatic N) is 3. The van der Waals surface area contributed by atoms with Gasteiger partial charge < -0.3 is 9.88 Å². The van der Waals surface area contributed by atoms with E-state index in [-0.39, 0.29) is 18.0 Å². The summed E-state index contributed by atoms with van der Waals surface area (Å²) in [7, 11) is 1.68. The van der Waals surface area contributed by atoms with E-state index in [4.69, 9.17) is 11.6 Å². The third kappa shape index (κ3) is 3.55. The molecule has 1 amide bonds. The summed E-state index contributed by atoms with van der Waals surface area (Å²) in [6, 6.07) is 5.51. The van der Waals surface area contributed by atoms with E-state index < -0.39 is 0 Å². The van der Waals surface area contributed by atoms with Crippen molar-refractivity contribution in [1.82, 2.24) is 19.9 Å². The molecule has 0 saturated carbocycles. The molecule has 4 rings (SSSR count). The number of hydrogen-bond acceptors (Lipinski definition) is 7.